The Morgan fingerprint density at radius 2 is 1.29 bits per heavy atom. The normalized spacial score (nSPS) is 15.7. The number of fused-ring (bicyclic) bond motifs is 4. The van der Waals surface area contributed by atoms with Crippen LogP contribution in [-0.4, -0.2) is 0 Å². The minimum Gasteiger partial charge on any atom is -0.398 e. The number of nitrogens with zero attached hydrogens (tertiary/aromatic N) is 1. The van der Waals surface area contributed by atoms with Gasteiger partial charge in [0.15, 0.2) is 0 Å². The first kappa shape index (κ1) is 37.2. The topological polar surface area (TPSA) is 41.3 Å². The molecule has 7 aromatic carbocycles. The highest BCUT2D eigenvalue weighted by Crippen LogP contribution is 2.50. The van der Waals surface area contributed by atoms with Crippen LogP contribution < -0.4 is 16.0 Å². The molecule has 7 aromatic rings. The van der Waals surface area contributed by atoms with Crippen molar-refractivity contribution in [1.82, 2.24) is 0 Å². The van der Waals surface area contributed by atoms with E-state index in [-0.39, 0.29) is 5.41 Å². The largest absolute Gasteiger partial charge is 0.398 e. The van der Waals surface area contributed by atoms with Crippen LogP contribution >= 0.6 is 0 Å². The molecule has 2 aliphatic rings. The van der Waals surface area contributed by atoms with Gasteiger partial charge in [0.2, 0.25) is 0 Å². The van der Waals surface area contributed by atoms with Crippen LogP contribution in [0.3, 0.4) is 0 Å². The van der Waals surface area contributed by atoms with E-state index in [9.17, 15) is 0 Å². The molecule has 0 saturated heterocycles. The molecule has 286 valence electrons. The van der Waals surface area contributed by atoms with Gasteiger partial charge in [-0.3, -0.25) is 0 Å². The van der Waals surface area contributed by atoms with Gasteiger partial charge in [-0.25, -0.2) is 0 Å². The van der Waals surface area contributed by atoms with E-state index in [2.05, 4.69) is 200 Å². The molecule has 1 aliphatic heterocycles. The summed E-state index contributed by atoms with van der Waals surface area (Å²) in [4.78, 5) is 2.27. The van der Waals surface area contributed by atoms with Gasteiger partial charge in [0.25, 0.3) is 0 Å². The average Bonchev–Trinajstić information content (AvgIpc) is 3.50. The maximum absolute atomic E-state index is 6.54. The molecule has 1 aliphatic carbocycles. The Morgan fingerprint density at radius 3 is 2.07 bits per heavy atom. The van der Waals surface area contributed by atoms with Crippen molar-refractivity contribution < 1.29 is 0 Å². The van der Waals surface area contributed by atoms with Crippen LogP contribution in [-0.2, 0) is 5.41 Å². The van der Waals surface area contributed by atoms with Crippen LogP contribution in [0.25, 0.3) is 50.2 Å². The summed E-state index contributed by atoms with van der Waals surface area (Å²) in [7, 11) is 0. The average molecular weight is 762 g/mol. The second-order valence-corrected chi connectivity index (χ2v) is 15.8. The third kappa shape index (κ3) is 7.13. The summed E-state index contributed by atoms with van der Waals surface area (Å²) >= 11 is 0. The Morgan fingerprint density at radius 1 is 0.627 bits per heavy atom. The zero-order valence-corrected chi connectivity index (χ0v) is 33.8. The van der Waals surface area contributed by atoms with Crippen LogP contribution in [0.15, 0.2) is 207 Å². The van der Waals surface area contributed by atoms with Crippen LogP contribution in [0.4, 0.5) is 22.7 Å². The number of benzene rings is 7. The van der Waals surface area contributed by atoms with E-state index in [1.807, 2.05) is 31.2 Å². The Kier molecular flexibility index (Phi) is 9.80. The third-order valence-corrected chi connectivity index (χ3v) is 11.7. The van der Waals surface area contributed by atoms with Crippen LogP contribution in [0.1, 0.15) is 48.6 Å². The number of anilines is 4. The van der Waals surface area contributed by atoms with Gasteiger partial charge in [-0.15, -0.1) is 0 Å². The molecule has 9 rings (SSSR count). The molecule has 0 aromatic heterocycles. The van der Waals surface area contributed by atoms with Crippen molar-refractivity contribution in [3.63, 3.8) is 0 Å². The lowest BCUT2D eigenvalue weighted by atomic mass is 9.82. The van der Waals surface area contributed by atoms with E-state index in [1.165, 1.54) is 22.3 Å². The van der Waals surface area contributed by atoms with Gasteiger partial charge >= 0.3 is 0 Å². The van der Waals surface area contributed by atoms with Gasteiger partial charge in [-0.05, 0) is 147 Å². The molecular formula is C56H47N3. The number of hydrogen-bond acceptors (Lipinski definition) is 3. The highest BCUT2D eigenvalue weighted by molar-refractivity contribution is 5.96. The van der Waals surface area contributed by atoms with Crippen LogP contribution in [0.5, 0.6) is 0 Å². The van der Waals surface area contributed by atoms with Crippen molar-refractivity contribution in [3.8, 4) is 33.4 Å². The number of para-hydroxylation sites is 3. The van der Waals surface area contributed by atoms with Gasteiger partial charge in [0, 0.05) is 45.5 Å². The molecule has 0 atom stereocenters. The summed E-state index contributed by atoms with van der Waals surface area (Å²) in [5.41, 5.74) is 26.4. The van der Waals surface area contributed by atoms with Crippen molar-refractivity contribution in [2.75, 3.05) is 10.2 Å². The first-order valence-corrected chi connectivity index (χ1v) is 20.3. The molecule has 0 spiro atoms. The molecule has 0 radical (unpaired) electrons. The lowest BCUT2D eigenvalue weighted by molar-refractivity contribution is 0.660. The smallest absolute Gasteiger partial charge is 0.0534 e. The van der Waals surface area contributed by atoms with E-state index in [0.29, 0.717) is 0 Å². The number of nitrogens with two attached hydrogens (primary N) is 1. The minimum absolute atomic E-state index is 0.120. The van der Waals surface area contributed by atoms with Gasteiger partial charge in [-0.2, -0.15) is 0 Å². The highest BCUT2D eigenvalue weighted by atomic mass is 15.1. The maximum Gasteiger partial charge on any atom is 0.0534 e. The Balaban J connectivity index is 1.12. The monoisotopic (exact) mass is 761 g/mol. The van der Waals surface area contributed by atoms with Gasteiger partial charge in [-0.1, -0.05) is 136 Å². The predicted octanol–water partition coefficient (Wildman–Crippen LogP) is 14.7. The minimum atomic E-state index is -0.120. The molecular weight excluding hydrogens is 715 g/mol. The maximum atomic E-state index is 6.54. The summed E-state index contributed by atoms with van der Waals surface area (Å²) in [5.74, 6) is 0. The SMILES string of the molecule is C=C1/C=C(c2cccc(-c3ccccc3Nc3ccccc3)c2)\C=C/N(c2ccccc2)c2ccc(-c3ccc4c(c3)-c3cc(/C(N)=C/C=C\C)ccc3C4(C)C)cc21. The van der Waals surface area contributed by atoms with Crippen molar-refractivity contribution >= 4 is 39.6 Å². The van der Waals surface area contributed by atoms with Crippen molar-refractivity contribution in [2.45, 2.75) is 26.2 Å². The standard InChI is InChI=1S/C56H47N3/c1-5-6-23-53(57)44-26-29-52-50(37-44)49-36-40(25-28-51(49)56(52,3)4)41-27-30-55-48(35-41)38(2)33-42(31-32-59(55)46-20-11-8-12-21-46)39-16-15-17-43(34-39)47-22-13-14-24-54(47)58-45-18-9-7-10-19-45/h5-37,58H,2,57H2,1,3-4H3/b6-5-,32-31-,42-33+,53-23-. The second kappa shape index (κ2) is 15.5. The Hall–Kier alpha value is -7.36. The molecule has 0 saturated carbocycles. The molecule has 1 heterocycles. The highest BCUT2D eigenvalue weighted by Gasteiger charge is 2.35. The predicted molar refractivity (Wildman–Crippen MR) is 253 cm³/mol. The number of allylic oxidation sites excluding steroid dienone is 7. The van der Waals surface area contributed by atoms with Crippen molar-refractivity contribution in [2.24, 2.45) is 5.73 Å². The van der Waals surface area contributed by atoms with E-state index >= 15 is 0 Å². The number of nitrogens with one attached hydrogen (secondary N) is 1. The third-order valence-electron chi connectivity index (χ3n) is 11.7. The number of hydrogen-bond donors (Lipinski definition) is 2. The lowest BCUT2D eigenvalue weighted by Gasteiger charge is -2.27. The molecule has 0 unspecified atom stereocenters. The molecule has 0 amide bonds. The van der Waals surface area contributed by atoms with Crippen molar-refractivity contribution in [1.29, 1.82) is 0 Å². The molecule has 3 N–H and O–H groups in total. The fourth-order valence-electron chi connectivity index (χ4n) is 8.54. The van der Waals surface area contributed by atoms with E-state index in [4.69, 9.17) is 12.3 Å². The fraction of sp³-hybridized carbons (Fsp3) is 0.0714. The van der Waals surface area contributed by atoms with Crippen LogP contribution in [0, 0.1) is 0 Å². The van der Waals surface area contributed by atoms with Crippen molar-refractivity contribution in [3.05, 3.63) is 235 Å². The first-order chi connectivity index (χ1) is 28.8. The van der Waals surface area contributed by atoms with Gasteiger partial charge in [0.1, 0.15) is 0 Å². The molecule has 3 heteroatoms. The molecule has 59 heavy (non-hydrogen) atoms. The van der Waals surface area contributed by atoms with Crippen LogP contribution in [0.2, 0.25) is 0 Å². The quantitative estimate of drug-likeness (QED) is 0.152. The van der Waals surface area contributed by atoms with E-state index in [1.54, 1.807) is 0 Å². The summed E-state index contributed by atoms with van der Waals surface area (Å²) < 4.78 is 0. The summed E-state index contributed by atoms with van der Waals surface area (Å²) in [5, 5.41) is 3.63. The summed E-state index contributed by atoms with van der Waals surface area (Å²) in [6.07, 6.45) is 12.6. The first-order valence-electron chi connectivity index (χ1n) is 20.3. The Labute approximate surface area is 348 Å². The summed E-state index contributed by atoms with van der Waals surface area (Å²) in [6, 6.07) is 58.5. The lowest BCUT2D eigenvalue weighted by Crippen LogP contribution is -2.15. The zero-order valence-electron chi connectivity index (χ0n) is 33.8. The molecule has 3 nitrogen and oxygen atoms in total. The number of rotatable bonds is 8. The molecule has 0 bridgehead atoms. The van der Waals surface area contributed by atoms with Gasteiger partial charge < -0.3 is 16.0 Å². The fourth-order valence-corrected chi connectivity index (χ4v) is 8.54. The molecule has 0 fully saturated rings. The summed E-state index contributed by atoms with van der Waals surface area (Å²) in [6.45, 7) is 11.4. The van der Waals surface area contributed by atoms with E-state index in [0.717, 1.165) is 78.5 Å². The second-order valence-electron chi connectivity index (χ2n) is 15.8. The Bertz CT molecular complexity index is 2850. The van der Waals surface area contributed by atoms with Gasteiger partial charge in [0.05, 0.1) is 5.69 Å². The van der Waals surface area contributed by atoms with E-state index < -0.39 is 0 Å². The zero-order chi connectivity index (χ0) is 40.5.